The summed E-state index contributed by atoms with van der Waals surface area (Å²) in [6, 6.07) is 4.06. The molecule has 0 saturated carbocycles. The van der Waals surface area contributed by atoms with Gasteiger partial charge < -0.3 is 39.7 Å². The van der Waals surface area contributed by atoms with Gasteiger partial charge in [0, 0.05) is 42.0 Å². The number of ketones is 3. The van der Waals surface area contributed by atoms with Crippen molar-refractivity contribution in [1.29, 1.82) is 0 Å². The summed E-state index contributed by atoms with van der Waals surface area (Å²) >= 11 is 0. The topological polar surface area (TPSA) is 183 Å². The number of ether oxygens (including phenoxy) is 3. The Bertz CT molecular complexity index is 1470. The summed E-state index contributed by atoms with van der Waals surface area (Å²) in [5.74, 6) is -3.66. The molecule has 1 aliphatic heterocycles. The third-order valence-electron chi connectivity index (χ3n) is 9.01. The molecule has 1 heterocycles. The fourth-order valence-electron chi connectivity index (χ4n) is 6.75. The predicted octanol–water partition coefficient (Wildman–Crippen LogP) is 1.38. The Morgan fingerprint density at radius 3 is 2.40 bits per heavy atom. The summed E-state index contributed by atoms with van der Waals surface area (Å²) in [5, 5.41) is 55.0. The van der Waals surface area contributed by atoms with E-state index in [-0.39, 0.29) is 40.5 Å². The van der Waals surface area contributed by atoms with Gasteiger partial charge in [-0.1, -0.05) is 26.0 Å². The fourth-order valence-corrected chi connectivity index (χ4v) is 6.75. The van der Waals surface area contributed by atoms with Gasteiger partial charge in [-0.3, -0.25) is 19.3 Å². The second kappa shape index (κ2) is 11.6. The monoisotopic (exact) mass is 599 g/mol. The number of carbonyl (C=O) groups excluding carboxylic acids is 3. The SMILES string of the molecule is CCN(CC)C1CC(O[C@H]2C[C@](O)(C(=O)CO)Cc3c(O)c4c(c(O)c32)C(=O)c2c(OC)cccc2C4=O)OC(C)C1O. The largest absolute Gasteiger partial charge is 0.507 e. The number of nitrogens with zero attached hydrogens (tertiary/aromatic N) is 1. The number of benzene rings is 2. The Hall–Kier alpha value is -3.39. The van der Waals surface area contributed by atoms with E-state index < -0.39 is 89.6 Å². The number of Topliss-reactive ketones (excluding diaryl/α,β-unsaturated/α-hetero) is 1. The van der Waals surface area contributed by atoms with Gasteiger partial charge in [-0.15, -0.1) is 0 Å². The summed E-state index contributed by atoms with van der Waals surface area (Å²) in [5.41, 5.74) is -3.48. The molecule has 2 aliphatic carbocycles. The summed E-state index contributed by atoms with van der Waals surface area (Å²) in [4.78, 5) is 42.3. The van der Waals surface area contributed by atoms with Crippen molar-refractivity contribution in [1.82, 2.24) is 4.90 Å². The molecule has 6 atom stereocenters. The van der Waals surface area contributed by atoms with Crippen molar-refractivity contribution >= 4 is 17.3 Å². The van der Waals surface area contributed by atoms with E-state index in [0.717, 1.165) is 0 Å². The maximum Gasteiger partial charge on any atom is 0.202 e. The first kappa shape index (κ1) is 31.0. The van der Waals surface area contributed by atoms with Crippen LogP contribution in [0.1, 0.15) is 82.7 Å². The van der Waals surface area contributed by atoms with E-state index in [1.165, 1.54) is 25.3 Å². The van der Waals surface area contributed by atoms with Gasteiger partial charge in [0.25, 0.3) is 0 Å². The van der Waals surface area contributed by atoms with E-state index >= 15 is 0 Å². The Balaban J connectivity index is 1.65. The fraction of sp³-hybridized carbons (Fsp3) is 0.516. The van der Waals surface area contributed by atoms with Crippen molar-refractivity contribution in [3.05, 3.63) is 51.6 Å². The summed E-state index contributed by atoms with van der Waals surface area (Å²) in [7, 11) is 1.34. The lowest BCUT2D eigenvalue weighted by atomic mass is 9.72. The molecule has 2 aromatic carbocycles. The average Bonchev–Trinajstić information content (AvgIpc) is 2.99. The standard InChI is InChI=1S/C31H37NO11/c1-5-32(6-2)17-10-21(42-14(3)26(17)35)43-19-12-31(40,20(34)13-33)11-16-23(19)30(39)25-24(28(16)37)27(36)15-8-7-9-18(41-4)22(15)29(25)38/h7-9,14,17,19,21,26,33,35,37,39-40H,5-6,10-13H2,1-4H3/t14?,17?,19-,21?,26?,31-/m0/s1. The first-order chi connectivity index (χ1) is 20.4. The smallest absolute Gasteiger partial charge is 0.202 e. The minimum Gasteiger partial charge on any atom is -0.507 e. The van der Waals surface area contributed by atoms with E-state index in [9.17, 15) is 39.9 Å². The first-order valence-corrected chi connectivity index (χ1v) is 14.4. The van der Waals surface area contributed by atoms with E-state index in [0.29, 0.717) is 13.1 Å². The van der Waals surface area contributed by atoms with Crippen LogP contribution in [-0.4, -0.2) is 105 Å². The summed E-state index contributed by atoms with van der Waals surface area (Å²) in [6.07, 6.45) is -4.57. The highest BCUT2D eigenvalue weighted by Gasteiger charge is 2.50. The second-order valence-electron chi connectivity index (χ2n) is 11.3. The zero-order chi connectivity index (χ0) is 31.4. The van der Waals surface area contributed by atoms with E-state index in [4.69, 9.17) is 14.2 Å². The third kappa shape index (κ3) is 4.91. The number of hydrogen-bond acceptors (Lipinski definition) is 12. The number of hydrogen-bond donors (Lipinski definition) is 5. The van der Waals surface area contributed by atoms with Gasteiger partial charge >= 0.3 is 0 Å². The van der Waals surface area contributed by atoms with Gasteiger partial charge in [-0.25, -0.2) is 0 Å². The molecule has 0 bridgehead atoms. The number of aromatic hydroxyl groups is 2. The van der Waals surface area contributed by atoms with Crippen LogP contribution in [-0.2, 0) is 20.7 Å². The number of phenolic OH excluding ortho intramolecular Hbond substituents is 2. The Kier molecular flexibility index (Phi) is 8.38. The van der Waals surface area contributed by atoms with Crippen LogP contribution in [0.5, 0.6) is 17.2 Å². The van der Waals surface area contributed by atoms with Crippen molar-refractivity contribution in [2.45, 2.75) is 76.3 Å². The number of aliphatic hydroxyl groups excluding tert-OH is 2. The molecule has 12 heteroatoms. The van der Waals surface area contributed by atoms with Crippen LogP contribution in [0.4, 0.5) is 0 Å². The molecule has 3 aliphatic rings. The van der Waals surface area contributed by atoms with Crippen LogP contribution < -0.4 is 4.74 Å². The van der Waals surface area contributed by atoms with E-state index in [2.05, 4.69) is 4.90 Å². The Morgan fingerprint density at radius 2 is 1.77 bits per heavy atom. The Morgan fingerprint density at radius 1 is 1.09 bits per heavy atom. The minimum atomic E-state index is -2.23. The van der Waals surface area contributed by atoms with Gasteiger partial charge in [0.15, 0.2) is 17.9 Å². The molecule has 4 unspecified atom stereocenters. The van der Waals surface area contributed by atoms with E-state index in [1.807, 2.05) is 13.8 Å². The summed E-state index contributed by atoms with van der Waals surface area (Å²) < 4.78 is 17.5. The third-order valence-corrected chi connectivity index (χ3v) is 9.01. The van der Waals surface area contributed by atoms with Gasteiger partial charge in [0.1, 0.15) is 29.5 Å². The van der Waals surface area contributed by atoms with Crippen molar-refractivity contribution < 1.29 is 54.1 Å². The molecule has 12 nitrogen and oxygen atoms in total. The van der Waals surface area contributed by atoms with Gasteiger partial charge in [0.2, 0.25) is 5.78 Å². The highest BCUT2D eigenvalue weighted by molar-refractivity contribution is 6.31. The lowest BCUT2D eigenvalue weighted by Gasteiger charge is -2.45. The molecule has 0 aromatic heterocycles. The predicted molar refractivity (Wildman–Crippen MR) is 150 cm³/mol. The molecule has 5 rings (SSSR count). The molecule has 0 radical (unpaired) electrons. The number of aliphatic hydroxyl groups is 3. The Labute approximate surface area is 248 Å². The molecular formula is C31H37NO11. The van der Waals surface area contributed by atoms with E-state index in [1.54, 1.807) is 6.92 Å². The first-order valence-electron chi connectivity index (χ1n) is 14.4. The zero-order valence-corrected chi connectivity index (χ0v) is 24.5. The molecule has 43 heavy (non-hydrogen) atoms. The van der Waals surface area contributed by atoms with Gasteiger partial charge in [-0.2, -0.15) is 0 Å². The van der Waals surface area contributed by atoms with Gasteiger partial charge in [0.05, 0.1) is 42.1 Å². The normalized spacial score (nSPS) is 28.3. The number of methoxy groups -OCH3 is 1. The molecule has 0 amide bonds. The van der Waals surface area contributed by atoms with Crippen molar-refractivity contribution in [2.24, 2.45) is 0 Å². The number of rotatable bonds is 8. The molecule has 2 aromatic rings. The molecule has 0 spiro atoms. The lowest BCUT2D eigenvalue weighted by Crippen LogP contribution is -2.55. The maximum absolute atomic E-state index is 13.8. The van der Waals surface area contributed by atoms with Crippen LogP contribution in [0.3, 0.4) is 0 Å². The molecular weight excluding hydrogens is 562 g/mol. The van der Waals surface area contributed by atoms with Crippen LogP contribution >= 0.6 is 0 Å². The maximum atomic E-state index is 13.8. The highest BCUT2D eigenvalue weighted by atomic mass is 16.7. The molecule has 1 fully saturated rings. The minimum absolute atomic E-state index is 0.0394. The van der Waals surface area contributed by atoms with Crippen LogP contribution in [0.2, 0.25) is 0 Å². The number of carbonyl (C=O) groups is 3. The second-order valence-corrected chi connectivity index (χ2v) is 11.3. The van der Waals surface area contributed by atoms with Gasteiger partial charge in [-0.05, 0) is 26.1 Å². The highest BCUT2D eigenvalue weighted by Crippen LogP contribution is 2.52. The molecule has 5 N–H and O–H groups in total. The number of phenols is 2. The van der Waals surface area contributed by atoms with Crippen LogP contribution in [0, 0.1) is 0 Å². The van der Waals surface area contributed by atoms with Crippen LogP contribution in [0.15, 0.2) is 18.2 Å². The quantitative estimate of drug-likeness (QED) is 0.235. The number of likely N-dealkylation sites (N-methyl/N-ethyl adjacent to an activating group) is 1. The molecule has 1 saturated heterocycles. The average molecular weight is 600 g/mol. The van der Waals surface area contributed by atoms with Crippen molar-refractivity contribution in [2.75, 3.05) is 26.8 Å². The van der Waals surface area contributed by atoms with Crippen LogP contribution in [0.25, 0.3) is 0 Å². The number of fused-ring (bicyclic) bond motifs is 3. The van der Waals surface area contributed by atoms with Crippen molar-refractivity contribution in [3.63, 3.8) is 0 Å². The molecule has 232 valence electrons. The van der Waals surface area contributed by atoms with Crippen molar-refractivity contribution in [3.8, 4) is 17.2 Å². The zero-order valence-electron chi connectivity index (χ0n) is 24.5. The lowest BCUT2D eigenvalue weighted by molar-refractivity contribution is -0.258. The summed E-state index contributed by atoms with van der Waals surface area (Å²) in [6.45, 7) is 5.90.